The topological polar surface area (TPSA) is 75.7 Å². The van der Waals surface area contributed by atoms with Crippen LogP contribution in [0.15, 0.2) is 53.4 Å². The number of thioether (sulfide) groups is 1. The lowest BCUT2D eigenvalue weighted by Crippen LogP contribution is -2.37. The van der Waals surface area contributed by atoms with Gasteiger partial charge >= 0.3 is 0 Å². The van der Waals surface area contributed by atoms with Crippen molar-refractivity contribution < 1.29 is 23.5 Å². The predicted octanol–water partition coefficient (Wildman–Crippen LogP) is 3.23. The number of rotatable bonds is 7. The first-order valence-electron chi connectivity index (χ1n) is 8.87. The number of amides is 3. The number of benzene rings is 2. The van der Waals surface area contributed by atoms with Gasteiger partial charge in [0, 0.05) is 18.7 Å². The highest BCUT2D eigenvalue weighted by Gasteiger charge is 2.34. The maximum absolute atomic E-state index is 13.8. The second kappa shape index (κ2) is 9.38. The summed E-state index contributed by atoms with van der Waals surface area (Å²) in [4.78, 5) is 37.8. The summed E-state index contributed by atoms with van der Waals surface area (Å²) in [6, 6.07) is 13.1. The Labute approximate surface area is 171 Å². The smallest absolute Gasteiger partial charge is 0.293 e. The van der Waals surface area contributed by atoms with Gasteiger partial charge in [-0.05, 0) is 41.6 Å². The van der Waals surface area contributed by atoms with E-state index in [1.807, 2.05) is 0 Å². The van der Waals surface area contributed by atoms with Crippen LogP contribution in [0.2, 0.25) is 0 Å². The average molecular weight is 414 g/mol. The maximum Gasteiger partial charge on any atom is 0.293 e. The molecule has 1 aliphatic heterocycles. The van der Waals surface area contributed by atoms with Crippen LogP contribution in [-0.4, -0.2) is 42.2 Å². The van der Waals surface area contributed by atoms with Crippen LogP contribution in [0.4, 0.5) is 9.18 Å². The van der Waals surface area contributed by atoms with Crippen LogP contribution in [0.3, 0.4) is 0 Å². The number of halogens is 1. The number of methoxy groups -OCH3 is 1. The normalized spacial score (nSPS) is 15.1. The summed E-state index contributed by atoms with van der Waals surface area (Å²) in [6.45, 7) is 0.188. The Kier molecular flexibility index (Phi) is 6.66. The van der Waals surface area contributed by atoms with Crippen molar-refractivity contribution in [1.29, 1.82) is 0 Å². The van der Waals surface area contributed by atoms with Crippen LogP contribution in [0.1, 0.15) is 11.1 Å². The summed E-state index contributed by atoms with van der Waals surface area (Å²) in [5.74, 6) is -0.473. The molecule has 0 saturated carbocycles. The van der Waals surface area contributed by atoms with E-state index in [2.05, 4.69) is 5.32 Å². The minimum absolute atomic E-state index is 0.0492. The lowest BCUT2D eigenvalue weighted by Gasteiger charge is -2.13. The molecule has 3 rings (SSSR count). The highest BCUT2D eigenvalue weighted by molar-refractivity contribution is 8.18. The number of imide groups is 1. The number of nitrogens with zero attached hydrogens (tertiary/aromatic N) is 1. The largest absolute Gasteiger partial charge is 0.497 e. The monoisotopic (exact) mass is 414 g/mol. The van der Waals surface area contributed by atoms with Gasteiger partial charge in [-0.15, -0.1) is 0 Å². The second-order valence-corrected chi connectivity index (χ2v) is 7.22. The van der Waals surface area contributed by atoms with E-state index in [1.165, 1.54) is 18.2 Å². The van der Waals surface area contributed by atoms with E-state index >= 15 is 0 Å². The SMILES string of the molecule is COc1ccc(CC(=O)NCCN2C(=O)S/C(=C\c3ccccc3F)C2=O)cc1. The van der Waals surface area contributed by atoms with E-state index in [0.29, 0.717) is 5.75 Å². The zero-order valence-electron chi connectivity index (χ0n) is 15.7. The number of carbonyl (C=O) groups excluding carboxylic acids is 3. The van der Waals surface area contributed by atoms with Gasteiger partial charge in [-0.25, -0.2) is 4.39 Å². The number of ether oxygens (including phenoxy) is 1. The van der Waals surface area contributed by atoms with Crippen LogP contribution in [0, 0.1) is 5.82 Å². The Morgan fingerprint density at radius 1 is 1.17 bits per heavy atom. The zero-order valence-corrected chi connectivity index (χ0v) is 16.5. The van der Waals surface area contributed by atoms with Crippen LogP contribution in [-0.2, 0) is 16.0 Å². The van der Waals surface area contributed by atoms with Gasteiger partial charge in [-0.3, -0.25) is 19.3 Å². The molecule has 1 saturated heterocycles. The molecule has 1 fully saturated rings. The molecule has 0 bridgehead atoms. The Balaban J connectivity index is 1.52. The summed E-state index contributed by atoms with van der Waals surface area (Å²) < 4.78 is 18.8. The molecule has 0 atom stereocenters. The molecule has 0 unspecified atom stereocenters. The molecular weight excluding hydrogens is 395 g/mol. The van der Waals surface area contributed by atoms with Crippen molar-refractivity contribution in [1.82, 2.24) is 10.2 Å². The number of hydrogen-bond donors (Lipinski definition) is 1. The average Bonchev–Trinajstić information content (AvgIpc) is 2.97. The Hall–Kier alpha value is -3.13. The molecule has 8 heteroatoms. The standard InChI is InChI=1S/C21H19FN2O4S/c1-28-16-8-6-14(7-9-16)12-19(25)23-10-11-24-20(26)18(29-21(24)27)13-15-4-2-3-5-17(15)22/h2-9,13H,10-12H2,1H3,(H,23,25)/b18-13-. The van der Waals surface area contributed by atoms with Crippen molar-refractivity contribution in [3.63, 3.8) is 0 Å². The van der Waals surface area contributed by atoms with Crippen LogP contribution < -0.4 is 10.1 Å². The Bertz CT molecular complexity index is 959. The lowest BCUT2D eigenvalue weighted by atomic mass is 10.1. The molecule has 0 spiro atoms. The molecular formula is C21H19FN2O4S. The Morgan fingerprint density at radius 3 is 2.59 bits per heavy atom. The number of nitrogens with one attached hydrogen (secondary N) is 1. The summed E-state index contributed by atoms with van der Waals surface area (Å²) >= 11 is 0.758. The molecule has 2 aromatic rings. The van der Waals surface area contributed by atoms with E-state index in [9.17, 15) is 18.8 Å². The van der Waals surface area contributed by atoms with Gasteiger partial charge in [0.05, 0.1) is 18.4 Å². The van der Waals surface area contributed by atoms with Gasteiger partial charge in [0.25, 0.3) is 11.1 Å². The molecule has 6 nitrogen and oxygen atoms in total. The molecule has 1 aliphatic rings. The van der Waals surface area contributed by atoms with Crippen molar-refractivity contribution in [3.05, 3.63) is 70.4 Å². The molecule has 0 radical (unpaired) electrons. The summed E-state index contributed by atoms with van der Waals surface area (Å²) in [5, 5.41) is 2.25. The summed E-state index contributed by atoms with van der Waals surface area (Å²) in [5.41, 5.74) is 1.06. The van der Waals surface area contributed by atoms with Gasteiger partial charge < -0.3 is 10.1 Å². The fourth-order valence-electron chi connectivity index (χ4n) is 2.72. The van der Waals surface area contributed by atoms with Gasteiger partial charge in [0.15, 0.2) is 0 Å². The van der Waals surface area contributed by atoms with E-state index in [4.69, 9.17) is 4.74 Å². The molecule has 3 amide bonds. The summed E-state index contributed by atoms with van der Waals surface area (Å²) in [6.07, 6.45) is 1.54. The minimum atomic E-state index is -0.493. The summed E-state index contributed by atoms with van der Waals surface area (Å²) in [7, 11) is 1.57. The van der Waals surface area contributed by atoms with Crippen molar-refractivity contribution >= 4 is 34.9 Å². The Morgan fingerprint density at radius 2 is 1.90 bits per heavy atom. The van der Waals surface area contributed by atoms with Crippen molar-refractivity contribution in [3.8, 4) is 5.75 Å². The van der Waals surface area contributed by atoms with Gasteiger partial charge in [-0.2, -0.15) is 0 Å². The molecule has 2 aromatic carbocycles. The second-order valence-electron chi connectivity index (χ2n) is 6.23. The van der Waals surface area contributed by atoms with E-state index in [-0.39, 0.29) is 35.9 Å². The first-order chi connectivity index (χ1) is 14.0. The highest BCUT2D eigenvalue weighted by atomic mass is 32.2. The maximum atomic E-state index is 13.8. The number of carbonyl (C=O) groups is 3. The quantitative estimate of drug-likeness (QED) is 0.704. The zero-order chi connectivity index (χ0) is 20.8. The van der Waals surface area contributed by atoms with Gasteiger partial charge in [-0.1, -0.05) is 30.3 Å². The highest BCUT2D eigenvalue weighted by Crippen LogP contribution is 2.32. The molecule has 0 aliphatic carbocycles. The first-order valence-corrected chi connectivity index (χ1v) is 9.69. The third-order valence-corrected chi connectivity index (χ3v) is 5.15. The van der Waals surface area contributed by atoms with Crippen molar-refractivity contribution in [2.45, 2.75) is 6.42 Å². The molecule has 29 heavy (non-hydrogen) atoms. The fraction of sp³-hybridized carbons (Fsp3) is 0.190. The fourth-order valence-corrected chi connectivity index (χ4v) is 3.58. The van der Waals surface area contributed by atoms with Gasteiger partial charge in [0.2, 0.25) is 5.91 Å². The molecule has 1 N–H and O–H groups in total. The van der Waals surface area contributed by atoms with Crippen LogP contribution in [0.5, 0.6) is 5.75 Å². The number of hydrogen-bond acceptors (Lipinski definition) is 5. The van der Waals surface area contributed by atoms with E-state index in [0.717, 1.165) is 22.2 Å². The van der Waals surface area contributed by atoms with Crippen LogP contribution in [0.25, 0.3) is 6.08 Å². The van der Waals surface area contributed by atoms with E-state index < -0.39 is 17.0 Å². The van der Waals surface area contributed by atoms with E-state index in [1.54, 1.807) is 43.5 Å². The molecule has 1 heterocycles. The van der Waals surface area contributed by atoms with Gasteiger partial charge in [0.1, 0.15) is 11.6 Å². The third-order valence-electron chi connectivity index (χ3n) is 4.25. The molecule has 0 aromatic heterocycles. The van der Waals surface area contributed by atoms with Crippen LogP contribution >= 0.6 is 11.8 Å². The molecule has 150 valence electrons. The first kappa shape index (κ1) is 20.6. The predicted molar refractivity (Wildman–Crippen MR) is 109 cm³/mol. The van der Waals surface area contributed by atoms with Crippen molar-refractivity contribution in [2.24, 2.45) is 0 Å². The lowest BCUT2D eigenvalue weighted by molar-refractivity contribution is -0.124. The third kappa shape index (κ3) is 5.23. The minimum Gasteiger partial charge on any atom is -0.497 e. The van der Waals surface area contributed by atoms with Crippen molar-refractivity contribution in [2.75, 3.05) is 20.2 Å².